The van der Waals surface area contributed by atoms with Crippen LogP contribution in [0.1, 0.15) is 5.56 Å². The van der Waals surface area contributed by atoms with E-state index in [1.165, 1.54) is 18.2 Å². The van der Waals surface area contributed by atoms with E-state index in [0.29, 0.717) is 12.1 Å². The zero-order valence-corrected chi connectivity index (χ0v) is 11.1. The highest BCUT2D eigenvalue weighted by molar-refractivity contribution is 5.47. The molecule has 0 aliphatic rings. The van der Waals surface area contributed by atoms with Crippen LogP contribution in [-0.4, -0.2) is 9.85 Å². The van der Waals surface area contributed by atoms with Crippen LogP contribution in [0.15, 0.2) is 42.5 Å². The molecule has 7 nitrogen and oxygen atoms in total. The molecule has 0 heterocycles. The fourth-order valence-corrected chi connectivity index (χ4v) is 1.71. The minimum atomic E-state index is -4.80. The van der Waals surface area contributed by atoms with Crippen molar-refractivity contribution in [3.05, 3.63) is 68.3 Å². The van der Waals surface area contributed by atoms with Crippen LogP contribution in [0.3, 0.4) is 0 Å². The molecule has 2 aromatic rings. The number of rotatable bonds is 4. The summed E-state index contributed by atoms with van der Waals surface area (Å²) >= 11 is 0. The molecular weight excluding hydrogens is 321 g/mol. The van der Waals surface area contributed by atoms with Crippen LogP contribution in [0.5, 0.6) is 11.5 Å². The Morgan fingerprint density at radius 1 is 0.870 bits per heavy atom. The van der Waals surface area contributed by atoms with Crippen LogP contribution >= 0.6 is 0 Å². The van der Waals surface area contributed by atoms with Gasteiger partial charge in [-0.15, -0.1) is 0 Å². The van der Waals surface area contributed by atoms with Crippen molar-refractivity contribution < 1.29 is 27.8 Å². The predicted molar refractivity (Wildman–Crippen MR) is 71.3 cm³/mol. The third-order valence-corrected chi connectivity index (χ3v) is 2.69. The Bertz CT molecular complexity index is 776. The van der Waals surface area contributed by atoms with E-state index in [1.807, 2.05) is 0 Å². The van der Waals surface area contributed by atoms with Crippen molar-refractivity contribution in [1.29, 1.82) is 0 Å². The smallest absolute Gasteiger partial charge is 0.416 e. The second-order valence-corrected chi connectivity index (χ2v) is 4.33. The van der Waals surface area contributed by atoms with Crippen LogP contribution in [0, 0.1) is 20.2 Å². The van der Waals surface area contributed by atoms with Gasteiger partial charge in [-0.25, -0.2) is 0 Å². The average molecular weight is 328 g/mol. The quantitative estimate of drug-likeness (QED) is 0.615. The Labute approximate surface area is 126 Å². The SMILES string of the molecule is O=[N+]([O-])c1cccc(Oc2cc([N+](=O)[O-])cc(C(F)(F)F)c2)c1. The molecule has 0 atom stereocenters. The van der Waals surface area contributed by atoms with E-state index in [0.717, 1.165) is 12.1 Å². The van der Waals surface area contributed by atoms with Crippen molar-refractivity contribution in [2.45, 2.75) is 6.18 Å². The number of non-ortho nitro benzene ring substituents is 2. The average Bonchev–Trinajstić information content (AvgIpc) is 2.46. The van der Waals surface area contributed by atoms with Gasteiger partial charge in [-0.1, -0.05) is 6.07 Å². The molecule has 0 fully saturated rings. The first-order valence-corrected chi connectivity index (χ1v) is 5.96. The standard InChI is InChI=1S/C13H7F3N2O5/c14-13(15,16)8-4-10(18(21)22)7-12(5-8)23-11-3-1-2-9(6-11)17(19)20/h1-7H. The lowest BCUT2D eigenvalue weighted by atomic mass is 10.2. The minimum Gasteiger partial charge on any atom is -0.457 e. The molecule has 0 aliphatic carbocycles. The number of ether oxygens (including phenoxy) is 1. The first kappa shape index (κ1) is 16.2. The molecule has 2 rings (SSSR count). The van der Waals surface area contributed by atoms with Gasteiger partial charge in [-0.05, 0) is 12.1 Å². The number of nitrogens with zero attached hydrogens (tertiary/aromatic N) is 2. The second-order valence-electron chi connectivity index (χ2n) is 4.33. The Kier molecular flexibility index (Phi) is 4.16. The molecule has 0 N–H and O–H groups in total. The summed E-state index contributed by atoms with van der Waals surface area (Å²) in [5.74, 6) is -0.570. The van der Waals surface area contributed by atoms with Gasteiger partial charge >= 0.3 is 6.18 Å². The van der Waals surface area contributed by atoms with Gasteiger partial charge in [0.2, 0.25) is 0 Å². The van der Waals surface area contributed by atoms with E-state index in [9.17, 15) is 33.4 Å². The number of halogens is 3. The van der Waals surface area contributed by atoms with Gasteiger partial charge in [0.25, 0.3) is 11.4 Å². The number of hydrogen-bond donors (Lipinski definition) is 0. The Morgan fingerprint density at radius 3 is 2.04 bits per heavy atom. The highest BCUT2D eigenvalue weighted by Crippen LogP contribution is 2.36. The van der Waals surface area contributed by atoms with Crippen molar-refractivity contribution >= 4 is 11.4 Å². The van der Waals surface area contributed by atoms with E-state index in [1.54, 1.807) is 0 Å². The van der Waals surface area contributed by atoms with E-state index >= 15 is 0 Å². The summed E-state index contributed by atoms with van der Waals surface area (Å²) in [4.78, 5) is 19.7. The number of hydrogen-bond acceptors (Lipinski definition) is 5. The molecule has 2 aromatic carbocycles. The Morgan fingerprint density at radius 2 is 1.48 bits per heavy atom. The molecule has 0 bridgehead atoms. The Hall–Kier alpha value is -3.17. The third kappa shape index (κ3) is 3.93. The number of benzene rings is 2. The first-order valence-electron chi connectivity index (χ1n) is 5.96. The fourth-order valence-electron chi connectivity index (χ4n) is 1.71. The van der Waals surface area contributed by atoms with E-state index in [2.05, 4.69) is 0 Å². The molecule has 0 aliphatic heterocycles. The monoisotopic (exact) mass is 328 g/mol. The zero-order valence-electron chi connectivity index (χ0n) is 11.1. The molecule has 0 saturated heterocycles. The van der Waals surface area contributed by atoms with Crippen LogP contribution < -0.4 is 4.74 Å². The molecule has 0 unspecified atom stereocenters. The van der Waals surface area contributed by atoms with Gasteiger partial charge in [-0.3, -0.25) is 20.2 Å². The van der Waals surface area contributed by atoms with Crippen molar-refractivity contribution in [2.24, 2.45) is 0 Å². The molecular formula is C13H7F3N2O5. The van der Waals surface area contributed by atoms with Crippen LogP contribution in [0.4, 0.5) is 24.5 Å². The lowest BCUT2D eigenvalue weighted by Gasteiger charge is -2.10. The van der Waals surface area contributed by atoms with E-state index in [-0.39, 0.29) is 11.4 Å². The summed E-state index contributed by atoms with van der Waals surface area (Å²) in [5, 5.41) is 21.4. The number of alkyl halides is 3. The number of nitro benzene ring substituents is 2. The molecule has 23 heavy (non-hydrogen) atoms. The van der Waals surface area contributed by atoms with Crippen molar-refractivity contribution in [1.82, 2.24) is 0 Å². The molecule has 0 radical (unpaired) electrons. The summed E-state index contributed by atoms with van der Waals surface area (Å²) in [7, 11) is 0. The topological polar surface area (TPSA) is 95.5 Å². The van der Waals surface area contributed by atoms with Crippen molar-refractivity contribution in [3.63, 3.8) is 0 Å². The maximum Gasteiger partial charge on any atom is 0.416 e. The van der Waals surface area contributed by atoms with E-state index < -0.39 is 33.0 Å². The third-order valence-electron chi connectivity index (χ3n) is 2.69. The highest BCUT2D eigenvalue weighted by atomic mass is 19.4. The van der Waals surface area contributed by atoms with Gasteiger partial charge in [0.05, 0.1) is 27.5 Å². The lowest BCUT2D eigenvalue weighted by Crippen LogP contribution is -2.06. The maximum absolute atomic E-state index is 12.8. The summed E-state index contributed by atoms with van der Waals surface area (Å²) in [6.45, 7) is 0. The first-order chi connectivity index (χ1) is 10.7. The second kappa shape index (κ2) is 5.91. The molecule has 0 spiro atoms. The Balaban J connectivity index is 2.43. The summed E-state index contributed by atoms with van der Waals surface area (Å²) in [5.41, 5.74) is -2.39. The summed E-state index contributed by atoms with van der Waals surface area (Å²) < 4.78 is 43.3. The highest BCUT2D eigenvalue weighted by Gasteiger charge is 2.33. The van der Waals surface area contributed by atoms with E-state index in [4.69, 9.17) is 4.74 Å². The summed E-state index contributed by atoms with van der Waals surface area (Å²) in [6.07, 6.45) is -4.80. The van der Waals surface area contributed by atoms with Crippen LogP contribution in [0.2, 0.25) is 0 Å². The largest absolute Gasteiger partial charge is 0.457 e. The van der Waals surface area contributed by atoms with Crippen molar-refractivity contribution in [3.8, 4) is 11.5 Å². The van der Waals surface area contributed by atoms with Gasteiger partial charge in [0.1, 0.15) is 11.5 Å². The molecule has 10 heteroatoms. The fraction of sp³-hybridized carbons (Fsp3) is 0.0769. The maximum atomic E-state index is 12.8. The van der Waals surface area contributed by atoms with Gasteiger partial charge < -0.3 is 4.74 Å². The molecule has 0 amide bonds. The number of nitro groups is 2. The van der Waals surface area contributed by atoms with Crippen LogP contribution in [0.25, 0.3) is 0 Å². The minimum absolute atomic E-state index is 0.118. The van der Waals surface area contributed by atoms with Gasteiger partial charge in [-0.2, -0.15) is 13.2 Å². The molecule has 0 saturated carbocycles. The zero-order chi connectivity index (χ0) is 17.2. The van der Waals surface area contributed by atoms with Gasteiger partial charge in [0.15, 0.2) is 0 Å². The molecule has 120 valence electrons. The molecule has 0 aromatic heterocycles. The predicted octanol–water partition coefficient (Wildman–Crippen LogP) is 4.31. The van der Waals surface area contributed by atoms with Crippen molar-refractivity contribution in [2.75, 3.05) is 0 Å². The van der Waals surface area contributed by atoms with Gasteiger partial charge in [0, 0.05) is 12.1 Å². The normalized spacial score (nSPS) is 11.1. The van der Waals surface area contributed by atoms with Crippen LogP contribution in [-0.2, 0) is 6.18 Å². The lowest BCUT2D eigenvalue weighted by molar-refractivity contribution is -0.385. The summed E-state index contributed by atoms with van der Waals surface area (Å²) in [6, 6.07) is 6.46.